The monoisotopic (exact) mass is 319 g/mol. The minimum Gasteiger partial charge on any atom is -0.256 e. The molecule has 0 spiro atoms. The molecule has 2 heterocycles. The van der Waals surface area contributed by atoms with Crippen LogP contribution < -0.4 is 16.4 Å². The van der Waals surface area contributed by atoms with Crippen molar-refractivity contribution in [2.24, 2.45) is 0 Å². The van der Waals surface area contributed by atoms with Crippen molar-refractivity contribution in [3.05, 3.63) is 53.7 Å². The number of hydrogen-bond donors (Lipinski definition) is 3. The second-order valence-electron chi connectivity index (χ2n) is 5.05. The molecule has 1 aromatic carbocycles. The Labute approximate surface area is 130 Å². The summed E-state index contributed by atoms with van der Waals surface area (Å²) < 4.78 is 38.3. The molecule has 0 radical (unpaired) electrons. The highest BCUT2D eigenvalue weighted by molar-refractivity contribution is 5.60. The second kappa shape index (κ2) is 5.96. The van der Waals surface area contributed by atoms with E-state index in [2.05, 4.69) is 27.4 Å². The molecule has 8 heteroatoms. The standard InChI is InChI=1S/C15H12F3N5/c16-15(17,18)11-3-1-2-9(6-11)12-5-4-10(8-20-12)14-13(7-19)21-23-22-14/h1-6,8,13-14,21-23H. The molecule has 0 bridgehead atoms. The molecule has 23 heavy (non-hydrogen) atoms. The maximum absolute atomic E-state index is 12.8. The molecule has 118 valence electrons. The summed E-state index contributed by atoms with van der Waals surface area (Å²) in [6.07, 6.45) is -2.84. The highest BCUT2D eigenvalue weighted by atomic mass is 19.4. The average molecular weight is 319 g/mol. The minimum atomic E-state index is -4.39. The molecule has 2 aromatic rings. The molecule has 1 aromatic heterocycles. The first-order valence-corrected chi connectivity index (χ1v) is 6.78. The largest absolute Gasteiger partial charge is 0.416 e. The first kappa shape index (κ1) is 15.4. The van der Waals surface area contributed by atoms with Crippen molar-refractivity contribution in [1.29, 1.82) is 5.26 Å². The Balaban J connectivity index is 1.87. The number of nitrogens with one attached hydrogen (secondary N) is 3. The van der Waals surface area contributed by atoms with Crippen LogP contribution in [0.2, 0.25) is 0 Å². The molecular weight excluding hydrogens is 307 g/mol. The fourth-order valence-corrected chi connectivity index (χ4v) is 2.36. The number of pyridine rings is 1. The van der Waals surface area contributed by atoms with Gasteiger partial charge in [0.15, 0.2) is 0 Å². The highest BCUT2D eigenvalue weighted by Gasteiger charge is 2.31. The quantitative estimate of drug-likeness (QED) is 0.792. The smallest absolute Gasteiger partial charge is 0.256 e. The Bertz CT molecular complexity index is 736. The molecule has 0 amide bonds. The second-order valence-corrected chi connectivity index (χ2v) is 5.05. The normalized spacial score (nSPS) is 21.1. The number of halogens is 3. The summed E-state index contributed by atoms with van der Waals surface area (Å²) in [4.78, 5) is 4.21. The van der Waals surface area contributed by atoms with Gasteiger partial charge in [-0.3, -0.25) is 4.98 Å². The number of hydrogen-bond acceptors (Lipinski definition) is 5. The predicted octanol–water partition coefficient (Wildman–Crippen LogP) is 2.31. The molecule has 2 unspecified atom stereocenters. The Morgan fingerprint density at radius 2 is 1.96 bits per heavy atom. The third-order valence-corrected chi connectivity index (χ3v) is 3.56. The summed E-state index contributed by atoms with van der Waals surface area (Å²) in [6, 6.07) is 9.73. The van der Waals surface area contributed by atoms with E-state index in [1.807, 2.05) is 0 Å². The summed E-state index contributed by atoms with van der Waals surface area (Å²) in [6.45, 7) is 0. The van der Waals surface area contributed by atoms with E-state index in [9.17, 15) is 13.2 Å². The maximum atomic E-state index is 12.8. The van der Waals surface area contributed by atoms with Gasteiger partial charge in [0.05, 0.1) is 23.4 Å². The topological polar surface area (TPSA) is 72.8 Å². The molecule has 1 aliphatic heterocycles. The van der Waals surface area contributed by atoms with Crippen molar-refractivity contribution in [2.45, 2.75) is 18.3 Å². The molecular formula is C15H12F3N5. The number of nitrogens with zero attached hydrogens (tertiary/aromatic N) is 2. The van der Waals surface area contributed by atoms with Crippen LogP contribution in [0.5, 0.6) is 0 Å². The van der Waals surface area contributed by atoms with Gasteiger partial charge in [0.25, 0.3) is 0 Å². The number of alkyl halides is 3. The van der Waals surface area contributed by atoms with E-state index in [4.69, 9.17) is 5.26 Å². The fourth-order valence-electron chi connectivity index (χ4n) is 2.36. The minimum absolute atomic E-state index is 0.289. The van der Waals surface area contributed by atoms with Crippen LogP contribution in [-0.4, -0.2) is 11.0 Å². The van der Waals surface area contributed by atoms with Gasteiger partial charge in [0, 0.05) is 11.8 Å². The lowest BCUT2D eigenvalue weighted by Crippen LogP contribution is -2.32. The van der Waals surface area contributed by atoms with E-state index < -0.39 is 17.8 Å². The summed E-state index contributed by atoms with van der Waals surface area (Å²) in [5.41, 5.74) is 9.17. The van der Waals surface area contributed by atoms with Crippen molar-refractivity contribution in [3.63, 3.8) is 0 Å². The molecule has 1 fully saturated rings. The van der Waals surface area contributed by atoms with Gasteiger partial charge in [-0.1, -0.05) is 18.2 Å². The molecule has 0 saturated carbocycles. The summed E-state index contributed by atoms with van der Waals surface area (Å²) in [7, 11) is 0. The van der Waals surface area contributed by atoms with E-state index in [0.717, 1.165) is 17.7 Å². The SMILES string of the molecule is N#CC1NNNC1c1ccc(-c2cccc(C(F)(F)F)c2)nc1. The number of aromatic nitrogens is 1. The van der Waals surface area contributed by atoms with Gasteiger partial charge in [-0.25, -0.2) is 10.9 Å². The van der Waals surface area contributed by atoms with E-state index in [-0.39, 0.29) is 6.04 Å². The van der Waals surface area contributed by atoms with Gasteiger partial charge in [-0.05, 0) is 23.8 Å². The van der Waals surface area contributed by atoms with Crippen LogP contribution in [0.4, 0.5) is 13.2 Å². The van der Waals surface area contributed by atoms with E-state index in [0.29, 0.717) is 11.3 Å². The third-order valence-electron chi connectivity index (χ3n) is 3.56. The summed E-state index contributed by atoms with van der Waals surface area (Å²) in [5, 5.41) is 9.02. The Morgan fingerprint density at radius 1 is 1.13 bits per heavy atom. The van der Waals surface area contributed by atoms with Crippen LogP contribution >= 0.6 is 0 Å². The van der Waals surface area contributed by atoms with Crippen molar-refractivity contribution in [1.82, 2.24) is 21.4 Å². The van der Waals surface area contributed by atoms with Gasteiger partial charge in [-0.15, -0.1) is 0 Å². The van der Waals surface area contributed by atoms with Gasteiger partial charge < -0.3 is 0 Å². The zero-order valence-electron chi connectivity index (χ0n) is 11.7. The average Bonchev–Trinajstić information content (AvgIpc) is 3.03. The van der Waals surface area contributed by atoms with Crippen LogP contribution in [0.25, 0.3) is 11.3 Å². The zero-order chi connectivity index (χ0) is 16.4. The van der Waals surface area contributed by atoms with Gasteiger partial charge in [0.2, 0.25) is 0 Å². The lowest BCUT2D eigenvalue weighted by molar-refractivity contribution is -0.137. The van der Waals surface area contributed by atoms with Crippen LogP contribution in [0.3, 0.4) is 0 Å². The molecule has 1 saturated heterocycles. The van der Waals surface area contributed by atoms with E-state index >= 15 is 0 Å². The number of nitriles is 1. The highest BCUT2D eigenvalue weighted by Crippen LogP contribution is 2.32. The number of rotatable bonds is 2. The predicted molar refractivity (Wildman–Crippen MR) is 76.2 cm³/mol. The Morgan fingerprint density at radius 3 is 2.61 bits per heavy atom. The molecule has 2 atom stereocenters. The van der Waals surface area contributed by atoms with Crippen molar-refractivity contribution in [3.8, 4) is 17.3 Å². The summed E-state index contributed by atoms with van der Waals surface area (Å²) in [5.74, 6) is 0. The van der Waals surface area contributed by atoms with Gasteiger partial charge in [-0.2, -0.15) is 24.0 Å². The van der Waals surface area contributed by atoms with Crippen LogP contribution in [0.1, 0.15) is 17.2 Å². The van der Waals surface area contributed by atoms with E-state index in [1.54, 1.807) is 24.4 Å². The van der Waals surface area contributed by atoms with Gasteiger partial charge in [0.1, 0.15) is 6.04 Å². The van der Waals surface area contributed by atoms with Crippen molar-refractivity contribution in [2.75, 3.05) is 0 Å². The zero-order valence-corrected chi connectivity index (χ0v) is 11.7. The summed E-state index contributed by atoms with van der Waals surface area (Å²) >= 11 is 0. The van der Waals surface area contributed by atoms with Crippen LogP contribution in [-0.2, 0) is 6.18 Å². The van der Waals surface area contributed by atoms with Crippen LogP contribution in [0, 0.1) is 11.3 Å². The van der Waals surface area contributed by atoms with E-state index in [1.165, 1.54) is 6.07 Å². The first-order valence-electron chi connectivity index (χ1n) is 6.78. The van der Waals surface area contributed by atoms with Gasteiger partial charge >= 0.3 is 6.18 Å². The first-order chi connectivity index (χ1) is 11.0. The number of hydrazine groups is 2. The third kappa shape index (κ3) is 3.17. The maximum Gasteiger partial charge on any atom is 0.416 e. The number of benzene rings is 1. The van der Waals surface area contributed by atoms with Crippen LogP contribution in [0.15, 0.2) is 42.6 Å². The van der Waals surface area contributed by atoms with Crippen molar-refractivity contribution < 1.29 is 13.2 Å². The molecule has 0 aliphatic carbocycles. The molecule has 5 nitrogen and oxygen atoms in total. The fraction of sp³-hybridized carbons (Fsp3) is 0.200. The Kier molecular flexibility index (Phi) is 4.00. The molecule has 3 N–H and O–H groups in total. The molecule has 3 rings (SSSR count). The lowest BCUT2D eigenvalue weighted by Gasteiger charge is -2.13. The lowest BCUT2D eigenvalue weighted by atomic mass is 10.0. The Hall–Kier alpha value is -2.47. The molecule has 1 aliphatic rings. The van der Waals surface area contributed by atoms with Crippen molar-refractivity contribution >= 4 is 0 Å².